The topological polar surface area (TPSA) is 24.9 Å². The molecule has 2 aliphatic heterocycles. The maximum absolute atomic E-state index is 6.12. The standard InChI is InChI=1S/C20H24N2O2/c1-21-9-11-22(12-10-21)20-17-6-4-3-5-15(17)14-24-19-8-7-16(23-2)13-18(19)20/h3-8,13,20H,9-12,14H2,1-2H3. The minimum Gasteiger partial charge on any atom is -0.497 e. The van der Waals surface area contributed by atoms with Crippen molar-refractivity contribution in [3.63, 3.8) is 0 Å². The van der Waals surface area contributed by atoms with Crippen molar-refractivity contribution in [3.05, 3.63) is 59.2 Å². The highest BCUT2D eigenvalue weighted by Crippen LogP contribution is 2.41. The van der Waals surface area contributed by atoms with Gasteiger partial charge in [0.25, 0.3) is 0 Å². The largest absolute Gasteiger partial charge is 0.497 e. The zero-order valence-electron chi connectivity index (χ0n) is 14.4. The molecule has 0 aromatic heterocycles. The van der Waals surface area contributed by atoms with Crippen molar-refractivity contribution in [3.8, 4) is 11.5 Å². The van der Waals surface area contributed by atoms with Crippen LogP contribution in [0.25, 0.3) is 0 Å². The van der Waals surface area contributed by atoms with Crippen molar-refractivity contribution >= 4 is 0 Å². The van der Waals surface area contributed by atoms with Crippen LogP contribution in [0.3, 0.4) is 0 Å². The predicted molar refractivity (Wildman–Crippen MR) is 94.7 cm³/mol. The molecule has 2 aromatic rings. The number of nitrogens with zero attached hydrogens (tertiary/aromatic N) is 2. The lowest BCUT2D eigenvalue weighted by Crippen LogP contribution is -2.46. The summed E-state index contributed by atoms with van der Waals surface area (Å²) in [5.41, 5.74) is 3.84. The van der Waals surface area contributed by atoms with Crippen molar-refractivity contribution in [1.29, 1.82) is 0 Å². The molecule has 24 heavy (non-hydrogen) atoms. The first-order chi connectivity index (χ1) is 11.8. The zero-order chi connectivity index (χ0) is 16.5. The molecule has 0 aliphatic carbocycles. The molecule has 0 amide bonds. The Morgan fingerprint density at radius 1 is 1.00 bits per heavy atom. The van der Waals surface area contributed by atoms with E-state index in [1.807, 2.05) is 12.1 Å². The Labute approximate surface area is 143 Å². The molecule has 1 atom stereocenters. The molecular formula is C20H24N2O2. The molecule has 0 spiro atoms. The van der Waals surface area contributed by atoms with Crippen LogP contribution in [0.4, 0.5) is 0 Å². The smallest absolute Gasteiger partial charge is 0.125 e. The van der Waals surface area contributed by atoms with E-state index in [1.54, 1.807) is 7.11 Å². The van der Waals surface area contributed by atoms with Crippen LogP contribution in [0.15, 0.2) is 42.5 Å². The Hall–Kier alpha value is -2.04. The number of piperazine rings is 1. The average Bonchev–Trinajstić information content (AvgIpc) is 2.79. The molecule has 0 bridgehead atoms. The monoisotopic (exact) mass is 324 g/mol. The first kappa shape index (κ1) is 15.5. The highest BCUT2D eigenvalue weighted by atomic mass is 16.5. The molecule has 126 valence electrons. The van der Waals surface area contributed by atoms with Gasteiger partial charge >= 0.3 is 0 Å². The lowest BCUT2D eigenvalue weighted by molar-refractivity contribution is 0.127. The lowest BCUT2D eigenvalue weighted by atomic mass is 9.93. The first-order valence-electron chi connectivity index (χ1n) is 8.57. The highest BCUT2D eigenvalue weighted by Gasteiger charge is 2.31. The zero-order valence-corrected chi connectivity index (χ0v) is 14.4. The number of benzene rings is 2. The molecule has 4 heteroatoms. The van der Waals surface area contributed by atoms with E-state index in [1.165, 1.54) is 16.7 Å². The summed E-state index contributed by atoms with van der Waals surface area (Å²) in [4.78, 5) is 4.97. The molecule has 0 N–H and O–H groups in total. The van der Waals surface area contributed by atoms with Gasteiger partial charge < -0.3 is 14.4 Å². The first-order valence-corrected chi connectivity index (χ1v) is 8.57. The molecular weight excluding hydrogens is 300 g/mol. The van der Waals surface area contributed by atoms with Gasteiger partial charge in [-0.2, -0.15) is 0 Å². The minimum absolute atomic E-state index is 0.225. The van der Waals surface area contributed by atoms with E-state index < -0.39 is 0 Å². The quantitative estimate of drug-likeness (QED) is 0.848. The van der Waals surface area contributed by atoms with Gasteiger partial charge in [-0.05, 0) is 36.4 Å². The van der Waals surface area contributed by atoms with E-state index in [4.69, 9.17) is 9.47 Å². The predicted octanol–water partition coefficient (Wildman–Crippen LogP) is 2.92. The number of fused-ring (bicyclic) bond motifs is 2. The van der Waals surface area contributed by atoms with Gasteiger partial charge in [0.1, 0.15) is 18.1 Å². The maximum Gasteiger partial charge on any atom is 0.125 e. The number of ether oxygens (including phenoxy) is 2. The van der Waals surface area contributed by atoms with Crippen LogP contribution in [0.5, 0.6) is 11.5 Å². The molecule has 1 unspecified atom stereocenters. The lowest BCUT2D eigenvalue weighted by Gasteiger charge is -2.38. The number of likely N-dealkylation sites (N-methyl/N-ethyl adjacent to an activating group) is 1. The number of hydrogen-bond acceptors (Lipinski definition) is 4. The van der Waals surface area contributed by atoms with Gasteiger partial charge in [-0.1, -0.05) is 24.3 Å². The van der Waals surface area contributed by atoms with Gasteiger partial charge in [0, 0.05) is 31.7 Å². The van der Waals surface area contributed by atoms with Crippen molar-refractivity contribution < 1.29 is 9.47 Å². The van der Waals surface area contributed by atoms with Crippen LogP contribution in [0.1, 0.15) is 22.7 Å². The molecule has 1 saturated heterocycles. The highest BCUT2D eigenvalue weighted by molar-refractivity contribution is 5.49. The van der Waals surface area contributed by atoms with E-state index in [9.17, 15) is 0 Å². The third-order valence-corrected chi connectivity index (χ3v) is 5.15. The van der Waals surface area contributed by atoms with E-state index in [0.29, 0.717) is 6.61 Å². The van der Waals surface area contributed by atoms with Gasteiger partial charge in [-0.15, -0.1) is 0 Å². The third kappa shape index (κ3) is 2.76. The van der Waals surface area contributed by atoms with Gasteiger partial charge in [0.05, 0.1) is 13.2 Å². The van der Waals surface area contributed by atoms with Crippen molar-refractivity contribution in [1.82, 2.24) is 9.80 Å². The molecule has 2 aliphatic rings. The van der Waals surface area contributed by atoms with Gasteiger partial charge in [-0.3, -0.25) is 4.90 Å². The molecule has 4 rings (SSSR count). The van der Waals surface area contributed by atoms with Crippen LogP contribution in [0, 0.1) is 0 Å². The second-order valence-corrected chi connectivity index (χ2v) is 6.63. The van der Waals surface area contributed by atoms with Crippen molar-refractivity contribution in [2.24, 2.45) is 0 Å². The fourth-order valence-corrected chi connectivity index (χ4v) is 3.73. The summed E-state index contributed by atoms with van der Waals surface area (Å²) in [6, 6.07) is 15.0. The van der Waals surface area contributed by atoms with Crippen molar-refractivity contribution in [2.75, 3.05) is 40.3 Å². The Morgan fingerprint density at radius 3 is 2.58 bits per heavy atom. The van der Waals surface area contributed by atoms with Crippen LogP contribution in [-0.4, -0.2) is 50.1 Å². The van der Waals surface area contributed by atoms with Gasteiger partial charge in [0.15, 0.2) is 0 Å². The summed E-state index contributed by atoms with van der Waals surface area (Å²) < 4.78 is 11.6. The van der Waals surface area contributed by atoms with Crippen molar-refractivity contribution in [2.45, 2.75) is 12.6 Å². The van der Waals surface area contributed by atoms with Crippen LogP contribution < -0.4 is 9.47 Å². The Balaban J connectivity index is 1.82. The summed E-state index contributed by atoms with van der Waals surface area (Å²) in [7, 11) is 3.91. The third-order valence-electron chi connectivity index (χ3n) is 5.15. The number of hydrogen-bond donors (Lipinski definition) is 0. The van der Waals surface area contributed by atoms with E-state index in [0.717, 1.165) is 37.7 Å². The van der Waals surface area contributed by atoms with E-state index in [-0.39, 0.29) is 6.04 Å². The number of methoxy groups -OCH3 is 1. The maximum atomic E-state index is 6.12. The molecule has 2 heterocycles. The normalized spacial score (nSPS) is 21.3. The fourth-order valence-electron chi connectivity index (χ4n) is 3.73. The average molecular weight is 324 g/mol. The number of rotatable bonds is 2. The molecule has 0 saturated carbocycles. The SMILES string of the molecule is COc1ccc2c(c1)C(N1CCN(C)CC1)c1ccccc1CO2. The fraction of sp³-hybridized carbons (Fsp3) is 0.400. The van der Waals surface area contributed by atoms with Gasteiger partial charge in [0.2, 0.25) is 0 Å². The van der Waals surface area contributed by atoms with Crippen LogP contribution in [0.2, 0.25) is 0 Å². The molecule has 1 fully saturated rings. The second-order valence-electron chi connectivity index (χ2n) is 6.63. The Morgan fingerprint density at radius 2 is 1.79 bits per heavy atom. The summed E-state index contributed by atoms with van der Waals surface area (Å²) in [5, 5.41) is 0. The second kappa shape index (κ2) is 6.46. The summed E-state index contributed by atoms with van der Waals surface area (Å²) in [6.07, 6.45) is 0. The molecule has 0 radical (unpaired) electrons. The van der Waals surface area contributed by atoms with Crippen LogP contribution >= 0.6 is 0 Å². The van der Waals surface area contributed by atoms with Crippen LogP contribution in [-0.2, 0) is 6.61 Å². The molecule has 4 nitrogen and oxygen atoms in total. The molecule has 2 aromatic carbocycles. The summed E-state index contributed by atoms with van der Waals surface area (Å²) >= 11 is 0. The summed E-state index contributed by atoms with van der Waals surface area (Å²) in [6.45, 7) is 4.94. The van der Waals surface area contributed by atoms with E-state index >= 15 is 0 Å². The summed E-state index contributed by atoms with van der Waals surface area (Å²) in [5.74, 6) is 1.85. The Kier molecular flexibility index (Phi) is 4.17. The Bertz CT molecular complexity index is 723. The minimum atomic E-state index is 0.225. The van der Waals surface area contributed by atoms with Gasteiger partial charge in [-0.25, -0.2) is 0 Å². The van der Waals surface area contributed by atoms with E-state index in [2.05, 4.69) is 47.2 Å².